The minimum atomic E-state index is -0.324. The van der Waals surface area contributed by atoms with Gasteiger partial charge in [-0.1, -0.05) is 34.6 Å². The highest BCUT2D eigenvalue weighted by Crippen LogP contribution is 2.34. The summed E-state index contributed by atoms with van der Waals surface area (Å²) < 4.78 is 13.9. The van der Waals surface area contributed by atoms with Crippen LogP contribution in [-0.4, -0.2) is 16.0 Å². The number of nitrogens with zero attached hydrogens (tertiary/aromatic N) is 2. The Kier molecular flexibility index (Phi) is 4.74. The molecule has 0 saturated heterocycles. The van der Waals surface area contributed by atoms with Crippen molar-refractivity contribution in [3.63, 3.8) is 0 Å². The van der Waals surface area contributed by atoms with Gasteiger partial charge >= 0.3 is 0 Å². The van der Waals surface area contributed by atoms with Crippen LogP contribution in [0.4, 0.5) is 4.39 Å². The Morgan fingerprint density at radius 1 is 1.33 bits per heavy atom. The molecule has 0 aliphatic rings. The van der Waals surface area contributed by atoms with Gasteiger partial charge in [-0.3, -0.25) is 4.98 Å². The molecule has 0 fully saturated rings. The molecule has 5 heteroatoms. The highest BCUT2D eigenvalue weighted by atomic mass is 32.1. The third-order valence-electron chi connectivity index (χ3n) is 3.04. The van der Waals surface area contributed by atoms with Gasteiger partial charge in [-0.25, -0.2) is 9.37 Å². The molecule has 0 amide bonds. The van der Waals surface area contributed by atoms with Gasteiger partial charge in [0.1, 0.15) is 10.7 Å². The zero-order valence-corrected chi connectivity index (χ0v) is 14.0. The lowest BCUT2D eigenvalue weighted by Gasteiger charge is -2.18. The number of hydrogen-bond acceptors (Lipinski definition) is 4. The van der Waals surface area contributed by atoms with Crippen molar-refractivity contribution < 1.29 is 4.39 Å². The summed E-state index contributed by atoms with van der Waals surface area (Å²) in [5.74, 6) is -0.324. The zero-order valence-electron chi connectivity index (χ0n) is 13.2. The number of pyridine rings is 1. The van der Waals surface area contributed by atoms with Gasteiger partial charge in [-0.15, -0.1) is 11.3 Å². The predicted octanol–water partition coefficient (Wildman–Crippen LogP) is 4.14. The maximum absolute atomic E-state index is 13.9. The van der Waals surface area contributed by atoms with E-state index in [1.54, 1.807) is 12.3 Å². The number of thiazole rings is 1. The summed E-state index contributed by atoms with van der Waals surface area (Å²) in [6.07, 6.45) is 1.60. The van der Waals surface area contributed by atoms with Crippen LogP contribution in [0.3, 0.4) is 0 Å². The number of aromatic nitrogens is 2. The van der Waals surface area contributed by atoms with E-state index >= 15 is 0 Å². The molecule has 0 aliphatic carbocycles. The number of halogens is 1. The predicted molar refractivity (Wildman–Crippen MR) is 86.0 cm³/mol. The third kappa shape index (κ3) is 3.86. The van der Waals surface area contributed by atoms with Crippen molar-refractivity contribution in [3.8, 4) is 10.7 Å². The van der Waals surface area contributed by atoms with Crippen molar-refractivity contribution in [1.29, 1.82) is 0 Å². The van der Waals surface area contributed by atoms with Crippen LogP contribution in [0.1, 0.15) is 45.2 Å². The molecule has 0 saturated carbocycles. The normalized spacial score (nSPS) is 12.1. The second-order valence-electron chi connectivity index (χ2n) is 6.41. The highest BCUT2D eigenvalue weighted by Gasteiger charge is 2.24. The quantitative estimate of drug-likeness (QED) is 0.922. The van der Waals surface area contributed by atoms with Gasteiger partial charge in [0.25, 0.3) is 0 Å². The Morgan fingerprint density at radius 2 is 2.05 bits per heavy atom. The largest absolute Gasteiger partial charge is 0.310 e. The monoisotopic (exact) mass is 307 g/mol. The fourth-order valence-corrected chi connectivity index (χ4v) is 3.22. The van der Waals surface area contributed by atoms with Crippen LogP contribution in [-0.2, 0) is 12.0 Å². The van der Waals surface area contributed by atoms with Crippen LogP contribution in [0, 0.1) is 5.82 Å². The van der Waals surface area contributed by atoms with Crippen LogP contribution in [0.5, 0.6) is 0 Å². The second kappa shape index (κ2) is 6.20. The van der Waals surface area contributed by atoms with Gasteiger partial charge in [0.05, 0.1) is 5.69 Å². The second-order valence-corrected chi connectivity index (χ2v) is 7.49. The van der Waals surface area contributed by atoms with Crippen LogP contribution in [0.25, 0.3) is 10.7 Å². The summed E-state index contributed by atoms with van der Waals surface area (Å²) in [5, 5.41) is 4.06. The maximum Gasteiger partial charge on any atom is 0.151 e. The topological polar surface area (TPSA) is 37.8 Å². The molecule has 114 valence electrons. The van der Waals surface area contributed by atoms with Crippen molar-refractivity contribution in [2.24, 2.45) is 0 Å². The van der Waals surface area contributed by atoms with Gasteiger partial charge in [-0.2, -0.15) is 0 Å². The molecule has 2 heterocycles. The Morgan fingerprint density at radius 3 is 2.62 bits per heavy atom. The molecule has 3 nitrogen and oxygen atoms in total. The third-order valence-corrected chi connectivity index (χ3v) is 4.10. The van der Waals surface area contributed by atoms with E-state index in [9.17, 15) is 4.39 Å². The molecule has 2 aromatic rings. The number of nitrogens with one attached hydrogen (secondary N) is 1. The van der Waals surface area contributed by atoms with E-state index in [2.05, 4.69) is 49.9 Å². The first-order valence-corrected chi connectivity index (χ1v) is 7.95. The van der Waals surface area contributed by atoms with Crippen LogP contribution in [0.15, 0.2) is 18.3 Å². The number of rotatable bonds is 4. The average molecular weight is 307 g/mol. The molecule has 0 radical (unpaired) electrons. The Bertz CT molecular complexity index is 614. The molecule has 0 unspecified atom stereocenters. The first kappa shape index (κ1) is 16.0. The standard InChI is InChI=1S/C16H22FN3S/c1-10(2)19-9-12-14(16(3,4)5)20-15(21-12)13-11(17)7-6-8-18-13/h6-8,10,19H,9H2,1-5H3. The summed E-state index contributed by atoms with van der Waals surface area (Å²) in [6, 6.07) is 3.42. The van der Waals surface area contributed by atoms with E-state index in [4.69, 9.17) is 0 Å². The lowest BCUT2D eigenvalue weighted by Crippen LogP contribution is -2.23. The fraction of sp³-hybridized carbons (Fsp3) is 0.500. The molecule has 0 aliphatic heterocycles. The summed E-state index contributed by atoms with van der Waals surface area (Å²) in [5.41, 5.74) is 1.28. The van der Waals surface area contributed by atoms with E-state index < -0.39 is 0 Å². The first-order valence-electron chi connectivity index (χ1n) is 7.13. The molecular weight excluding hydrogens is 285 g/mol. The van der Waals surface area contributed by atoms with E-state index in [1.165, 1.54) is 17.4 Å². The van der Waals surface area contributed by atoms with Gasteiger partial charge in [0.2, 0.25) is 0 Å². The van der Waals surface area contributed by atoms with Crippen LogP contribution < -0.4 is 5.32 Å². The lowest BCUT2D eigenvalue weighted by molar-refractivity contribution is 0.546. The molecule has 0 aromatic carbocycles. The molecule has 2 aromatic heterocycles. The molecule has 0 bridgehead atoms. The summed E-state index contributed by atoms with van der Waals surface area (Å²) in [4.78, 5) is 9.95. The molecule has 1 N–H and O–H groups in total. The summed E-state index contributed by atoms with van der Waals surface area (Å²) >= 11 is 1.52. The lowest BCUT2D eigenvalue weighted by atomic mass is 9.91. The van der Waals surface area contributed by atoms with Crippen molar-refractivity contribution in [2.45, 2.75) is 52.6 Å². The minimum Gasteiger partial charge on any atom is -0.310 e. The minimum absolute atomic E-state index is 0.0754. The Labute approximate surface area is 129 Å². The maximum atomic E-state index is 13.9. The van der Waals surface area contributed by atoms with E-state index in [1.807, 2.05) is 0 Å². The van der Waals surface area contributed by atoms with Crippen LogP contribution >= 0.6 is 11.3 Å². The molecule has 21 heavy (non-hydrogen) atoms. The Balaban J connectivity index is 2.43. The van der Waals surface area contributed by atoms with Crippen molar-refractivity contribution in [1.82, 2.24) is 15.3 Å². The Hall–Kier alpha value is -1.33. The zero-order chi connectivity index (χ0) is 15.6. The molecule has 0 atom stereocenters. The first-order chi connectivity index (χ1) is 9.79. The van der Waals surface area contributed by atoms with E-state index in [-0.39, 0.29) is 11.2 Å². The highest BCUT2D eigenvalue weighted by molar-refractivity contribution is 7.15. The fourth-order valence-electron chi connectivity index (χ4n) is 2.00. The van der Waals surface area contributed by atoms with Gasteiger partial charge in [0.15, 0.2) is 5.82 Å². The molecule has 2 rings (SSSR count). The van der Waals surface area contributed by atoms with E-state index in [0.717, 1.165) is 17.1 Å². The van der Waals surface area contributed by atoms with Crippen LogP contribution in [0.2, 0.25) is 0 Å². The van der Waals surface area contributed by atoms with Gasteiger partial charge in [0, 0.05) is 29.1 Å². The summed E-state index contributed by atoms with van der Waals surface area (Å²) in [7, 11) is 0. The SMILES string of the molecule is CC(C)NCc1sc(-c2ncccc2F)nc1C(C)(C)C. The van der Waals surface area contributed by atoms with E-state index in [0.29, 0.717) is 16.7 Å². The van der Waals surface area contributed by atoms with Gasteiger partial charge < -0.3 is 5.32 Å². The van der Waals surface area contributed by atoms with Gasteiger partial charge in [-0.05, 0) is 12.1 Å². The van der Waals surface area contributed by atoms with Crippen molar-refractivity contribution in [2.75, 3.05) is 0 Å². The van der Waals surface area contributed by atoms with Crippen molar-refractivity contribution >= 4 is 11.3 Å². The smallest absolute Gasteiger partial charge is 0.151 e. The number of hydrogen-bond donors (Lipinski definition) is 1. The summed E-state index contributed by atoms with van der Waals surface area (Å²) in [6.45, 7) is 11.3. The molecule has 0 spiro atoms. The molecular formula is C16H22FN3S. The van der Waals surface area contributed by atoms with Crippen molar-refractivity contribution in [3.05, 3.63) is 34.7 Å². The average Bonchev–Trinajstić information content (AvgIpc) is 2.81.